The number of hydrogen-bond donors (Lipinski definition) is 1. The summed E-state index contributed by atoms with van der Waals surface area (Å²) in [6, 6.07) is 16.1. The number of piperidine rings is 1. The molecule has 0 saturated carbocycles. The maximum absolute atomic E-state index is 13.0. The summed E-state index contributed by atoms with van der Waals surface area (Å²) in [5, 5.41) is 10.7. The molecule has 2 aromatic carbocycles. The number of nitrogens with zero attached hydrogens (tertiary/aromatic N) is 3. The van der Waals surface area contributed by atoms with E-state index in [-0.39, 0.29) is 23.3 Å². The molecule has 1 aliphatic rings. The Morgan fingerprint density at radius 2 is 1.89 bits per heavy atom. The highest BCUT2D eigenvalue weighted by atomic mass is 16.5. The van der Waals surface area contributed by atoms with Crippen LogP contribution in [0.3, 0.4) is 0 Å². The summed E-state index contributed by atoms with van der Waals surface area (Å²) >= 11 is 0. The number of nitrogens with two attached hydrogens (primary N) is 1. The van der Waals surface area contributed by atoms with Crippen molar-refractivity contribution < 1.29 is 14.3 Å². The monoisotopic (exact) mass is 470 g/mol. The number of aryl methyl sites for hydroxylation is 2. The first-order valence-corrected chi connectivity index (χ1v) is 11.9. The Kier molecular flexibility index (Phi) is 7.21. The van der Waals surface area contributed by atoms with Gasteiger partial charge in [0.25, 0.3) is 5.91 Å². The first kappa shape index (κ1) is 24.1. The van der Waals surface area contributed by atoms with Gasteiger partial charge in [-0.05, 0) is 62.1 Å². The van der Waals surface area contributed by atoms with Gasteiger partial charge in [0.2, 0.25) is 5.91 Å². The molecule has 35 heavy (non-hydrogen) atoms. The predicted octanol–water partition coefficient (Wildman–Crippen LogP) is 3.97. The molecule has 7 nitrogen and oxygen atoms in total. The van der Waals surface area contributed by atoms with Crippen molar-refractivity contribution in [3.05, 3.63) is 70.9 Å². The van der Waals surface area contributed by atoms with Crippen molar-refractivity contribution in [1.29, 1.82) is 5.26 Å². The van der Waals surface area contributed by atoms with Gasteiger partial charge >= 0.3 is 0 Å². The van der Waals surface area contributed by atoms with Crippen molar-refractivity contribution in [3.63, 3.8) is 0 Å². The Morgan fingerprint density at radius 1 is 1.14 bits per heavy atom. The zero-order valence-corrected chi connectivity index (χ0v) is 20.2. The summed E-state index contributed by atoms with van der Waals surface area (Å²) in [6.45, 7) is 6.09. The molecule has 2 heterocycles. The second-order valence-corrected chi connectivity index (χ2v) is 9.03. The number of ether oxygens (including phenoxy) is 1. The van der Waals surface area contributed by atoms with E-state index in [2.05, 4.69) is 30.6 Å². The van der Waals surface area contributed by atoms with Crippen LogP contribution in [0.25, 0.3) is 17.0 Å². The van der Waals surface area contributed by atoms with Crippen LogP contribution >= 0.6 is 0 Å². The van der Waals surface area contributed by atoms with Gasteiger partial charge in [0, 0.05) is 41.7 Å². The van der Waals surface area contributed by atoms with E-state index in [0.29, 0.717) is 39.1 Å². The number of fused-ring (bicyclic) bond motifs is 1. The predicted molar refractivity (Wildman–Crippen MR) is 135 cm³/mol. The molecule has 7 heteroatoms. The highest BCUT2D eigenvalue weighted by Crippen LogP contribution is 2.25. The molecule has 0 aliphatic carbocycles. The van der Waals surface area contributed by atoms with Crippen LogP contribution in [-0.2, 0) is 16.1 Å². The molecular weight excluding hydrogens is 440 g/mol. The number of para-hydroxylation sites is 1. The summed E-state index contributed by atoms with van der Waals surface area (Å²) in [7, 11) is 0. The van der Waals surface area contributed by atoms with Crippen molar-refractivity contribution in [2.75, 3.05) is 19.7 Å². The maximum Gasteiger partial charge on any atom is 0.264 e. The van der Waals surface area contributed by atoms with E-state index in [1.165, 1.54) is 11.1 Å². The van der Waals surface area contributed by atoms with Crippen molar-refractivity contribution in [2.24, 2.45) is 11.7 Å². The minimum atomic E-state index is -0.331. The lowest BCUT2D eigenvalue weighted by Crippen LogP contribution is -2.42. The molecule has 4 rings (SSSR count). The highest BCUT2D eigenvalue weighted by molar-refractivity contribution is 6.04. The Hall–Kier alpha value is -4.05. The second kappa shape index (κ2) is 10.5. The van der Waals surface area contributed by atoms with Crippen LogP contribution < -0.4 is 10.5 Å². The fourth-order valence-corrected chi connectivity index (χ4v) is 4.48. The van der Waals surface area contributed by atoms with Gasteiger partial charge in [-0.1, -0.05) is 24.3 Å². The van der Waals surface area contributed by atoms with Gasteiger partial charge in [-0.15, -0.1) is 0 Å². The SMILES string of the molecule is Cc1ccc(OCCn2cc(C=C(C#N)C(=O)N3CCC(C(N)=O)CC3)c3ccccc32)cc1C. The van der Waals surface area contributed by atoms with E-state index in [0.717, 1.165) is 22.2 Å². The van der Waals surface area contributed by atoms with Crippen molar-refractivity contribution in [2.45, 2.75) is 33.2 Å². The van der Waals surface area contributed by atoms with E-state index in [1.54, 1.807) is 11.0 Å². The molecule has 0 spiro atoms. The molecule has 0 radical (unpaired) electrons. The average Bonchev–Trinajstić information content (AvgIpc) is 3.21. The van der Waals surface area contributed by atoms with Crippen LogP contribution in [0.2, 0.25) is 0 Å². The minimum absolute atomic E-state index is 0.0804. The third kappa shape index (κ3) is 5.38. The van der Waals surface area contributed by atoms with E-state index >= 15 is 0 Å². The summed E-state index contributed by atoms with van der Waals surface area (Å²) in [5.74, 6) is -0.0208. The molecule has 1 saturated heterocycles. The van der Waals surface area contributed by atoms with Gasteiger partial charge in [-0.3, -0.25) is 9.59 Å². The Morgan fingerprint density at radius 3 is 2.57 bits per heavy atom. The molecule has 0 unspecified atom stereocenters. The number of hydrogen-bond acceptors (Lipinski definition) is 4. The molecule has 2 N–H and O–H groups in total. The largest absolute Gasteiger partial charge is 0.492 e. The molecule has 1 aromatic heterocycles. The second-order valence-electron chi connectivity index (χ2n) is 9.03. The number of rotatable bonds is 7. The molecule has 0 atom stereocenters. The lowest BCUT2D eigenvalue weighted by atomic mass is 9.96. The Balaban J connectivity index is 1.51. The Bertz CT molecular complexity index is 1320. The van der Waals surface area contributed by atoms with Crippen molar-refractivity contribution in [1.82, 2.24) is 9.47 Å². The fraction of sp³-hybridized carbons (Fsp3) is 0.321. The molecule has 1 aliphatic heterocycles. The summed E-state index contributed by atoms with van der Waals surface area (Å²) < 4.78 is 8.05. The minimum Gasteiger partial charge on any atom is -0.492 e. The lowest BCUT2D eigenvalue weighted by Gasteiger charge is -2.30. The van der Waals surface area contributed by atoms with Crippen molar-refractivity contribution >= 4 is 28.8 Å². The van der Waals surface area contributed by atoms with Gasteiger partial charge in [0.05, 0.1) is 6.54 Å². The van der Waals surface area contributed by atoms with E-state index in [4.69, 9.17) is 10.5 Å². The van der Waals surface area contributed by atoms with Gasteiger partial charge in [0.1, 0.15) is 24.0 Å². The number of aromatic nitrogens is 1. The number of nitriles is 1. The standard InChI is InChI=1S/C28H30N4O3/c1-19-7-8-24(15-20(19)2)35-14-13-32-18-23(25-5-3-4-6-26(25)32)16-22(17-29)28(34)31-11-9-21(10-12-31)27(30)33/h3-8,15-16,18,21H,9-14H2,1-2H3,(H2,30,33). The highest BCUT2D eigenvalue weighted by Gasteiger charge is 2.27. The molecule has 2 amide bonds. The first-order chi connectivity index (χ1) is 16.9. The third-order valence-corrected chi connectivity index (χ3v) is 6.73. The summed E-state index contributed by atoms with van der Waals surface area (Å²) in [6.07, 6.45) is 4.67. The first-order valence-electron chi connectivity index (χ1n) is 11.9. The molecule has 0 bridgehead atoms. The quantitative estimate of drug-likeness (QED) is 0.417. The van der Waals surface area contributed by atoms with Crippen LogP contribution in [0.4, 0.5) is 0 Å². The van der Waals surface area contributed by atoms with Crippen LogP contribution in [0.5, 0.6) is 5.75 Å². The molecular formula is C28H30N4O3. The molecule has 180 valence electrons. The van der Waals surface area contributed by atoms with Crippen LogP contribution in [0.1, 0.15) is 29.5 Å². The molecule has 1 fully saturated rings. The van der Waals surface area contributed by atoms with E-state index < -0.39 is 0 Å². The zero-order chi connectivity index (χ0) is 24.9. The van der Waals surface area contributed by atoms with Gasteiger partial charge in [0.15, 0.2) is 0 Å². The average molecular weight is 471 g/mol. The van der Waals surface area contributed by atoms with Crippen LogP contribution in [-0.4, -0.2) is 41.0 Å². The number of likely N-dealkylation sites (tertiary alicyclic amines) is 1. The fourth-order valence-electron chi connectivity index (χ4n) is 4.48. The topological polar surface area (TPSA) is 101 Å². The zero-order valence-electron chi connectivity index (χ0n) is 20.2. The number of carbonyl (C=O) groups is 2. The third-order valence-electron chi connectivity index (χ3n) is 6.73. The maximum atomic E-state index is 13.0. The van der Waals surface area contributed by atoms with Crippen molar-refractivity contribution in [3.8, 4) is 11.8 Å². The number of carbonyl (C=O) groups excluding carboxylic acids is 2. The summed E-state index contributed by atoms with van der Waals surface area (Å²) in [5.41, 5.74) is 9.71. The van der Waals surface area contributed by atoms with Crippen LogP contribution in [0, 0.1) is 31.1 Å². The van der Waals surface area contributed by atoms with E-state index in [1.807, 2.05) is 42.6 Å². The lowest BCUT2D eigenvalue weighted by molar-refractivity contribution is -0.131. The number of benzene rings is 2. The Labute approximate surface area is 205 Å². The number of primary amides is 1. The van der Waals surface area contributed by atoms with Gasteiger partial charge in [-0.2, -0.15) is 5.26 Å². The number of amides is 2. The van der Waals surface area contributed by atoms with Gasteiger partial charge < -0.3 is 19.9 Å². The van der Waals surface area contributed by atoms with Crippen LogP contribution in [0.15, 0.2) is 54.2 Å². The normalized spacial score (nSPS) is 14.7. The van der Waals surface area contributed by atoms with Gasteiger partial charge in [-0.25, -0.2) is 0 Å². The smallest absolute Gasteiger partial charge is 0.264 e. The van der Waals surface area contributed by atoms with E-state index in [9.17, 15) is 14.9 Å². The summed E-state index contributed by atoms with van der Waals surface area (Å²) in [4.78, 5) is 26.1. The molecule has 3 aromatic rings.